The van der Waals surface area contributed by atoms with Crippen molar-refractivity contribution in [3.05, 3.63) is 29.3 Å². The van der Waals surface area contributed by atoms with Crippen molar-refractivity contribution in [2.24, 2.45) is 17.6 Å². The van der Waals surface area contributed by atoms with E-state index in [1.165, 1.54) is 19.3 Å². The zero-order valence-corrected chi connectivity index (χ0v) is 16.3. The van der Waals surface area contributed by atoms with Crippen molar-refractivity contribution < 1.29 is 9.59 Å². The molecule has 0 heterocycles. The number of hydrogen-bond donors (Lipinski definition) is 3. The summed E-state index contributed by atoms with van der Waals surface area (Å²) in [4.78, 5) is 24.6. The normalized spacial score (nSPS) is 16.3. The first kappa shape index (κ1) is 20.4. The zero-order chi connectivity index (χ0) is 19.1. The van der Waals surface area contributed by atoms with Gasteiger partial charge in [-0.3, -0.25) is 9.59 Å². The number of anilines is 1. The highest BCUT2D eigenvalue weighted by Gasteiger charge is 2.24. The lowest BCUT2D eigenvalue weighted by molar-refractivity contribution is -0.116. The van der Waals surface area contributed by atoms with Crippen LogP contribution < -0.4 is 16.4 Å². The molecule has 5 heteroatoms. The third-order valence-corrected chi connectivity index (χ3v) is 5.15. The Labute approximate surface area is 157 Å². The Hall–Kier alpha value is -1.88. The topological polar surface area (TPSA) is 84.2 Å². The number of carbonyl (C=O) groups excluding carboxylic acids is 2. The molecule has 1 atom stereocenters. The summed E-state index contributed by atoms with van der Waals surface area (Å²) in [5, 5.41) is 6.04. The molecule has 4 N–H and O–H groups in total. The second kappa shape index (κ2) is 9.72. The van der Waals surface area contributed by atoms with Gasteiger partial charge in [0.1, 0.15) is 0 Å². The summed E-state index contributed by atoms with van der Waals surface area (Å²) in [5.41, 5.74) is 8.17. The van der Waals surface area contributed by atoms with Crippen LogP contribution in [-0.2, 0) is 4.79 Å². The van der Waals surface area contributed by atoms with E-state index in [0.717, 1.165) is 24.1 Å². The largest absolute Gasteiger partial charge is 0.348 e. The summed E-state index contributed by atoms with van der Waals surface area (Å²) < 4.78 is 0. The minimum Gasteiger partial charge on any atom is -0.348 e. The van der Waals surface area contributed by atoms with Crippen LogP contribution in [0, 0.1) is 18.8 Å². The molecule has 0 saturated heterocycles. The molecule has 2 rings (SSSR count). The fraction of sp³-hybridized carbons (Fsp3) is 0.619. The third kappa shape index (κ3) is 5.84. The van der Waals surface area contributed by atoms with Gasteiger partial charge in [0.05, 0.1) is 0 Å². The van der Waals surface area contributed by atoms with E-state index in [9.17, 15) is 9.59 Å². The highest BCUT2D eigenvalue weighted by atomic mass is 16.2. The molecular weight excluding hydrogens is 326 g/mol. The number of nitrogens with one attached hydrogen (secondary N) is 2. The Morgan fingerprint density at radius 2 is 1.88 bits per heavy atom. The molecule has 1 fully saturated rings. The molecular formula is C21H33N3O2. The molecule has 1 aromatic rings. The highest BCUT2D eigenvalue weighted by molar-refractivity contribution is 5.96. The van der Waals surface area contributed by atoms with Crippen LogP contribution in [0.2, 0.25) is 0 Å². The van der Waals surface area contributed by atoms with Crippen molar-refractivity contribution in [1.82, 2.24) is 5.32 Å². The minimum absolute atomic E-state index is 0.000737. The molecule has 1 aromatic carbocycles. The Kier molecular flexibility index (Phi) is 7.64. The van der Waals surface area contributed by atoms with Crippen molar-refractivity contribution in [2.75, 3.05) is 11.9 Å². The van der Waals surface area contributed by atoms with Gasteiger partial charge in [-0.25, -0.2) is 0 Å². The lowest BCUT2D eigenvalue weighted by Crippen LogP contribution is -2.45. The first-order valence-electron chi connectivity index (χ1n) is 9.82. The number of amides is 2. The monoisotopic (exact) mass is 359 g/mol. The zero-order valence-electron chi connectivity index (χ0n) is 16.3. The predicted octanol–water partition coefficient (Wildman–Crippen LogP) is 3.62. The van der Waals surface area contributed by atoms with Gasteiger partial charge in [0.25, 0.3) is 5.91 Å². The molecule has 1 aliphatic carbocycles. The van der Waals surface area contributed by atoms with Gasteiger partial charge in [-0.15, -0.1) is 0 Å². The van der Waals surface area contributed by atoms with Gasteiger partial charge < -0.3 is 16.4 Å². The fourth-order valence-electron chi connectivity index (χ4n) is 3.67. The first-order chi connectivity index (χ1) is 12.4. The molecule has 144 valence electrons. The number of nitrogens with two attached hydrogens (primary N) is 1. The van der Waals surface area contributed by atoms with Crippen LogP contribution >= 0.6 is 0 Å². The lowest BCUT2D eigenvalue weighted by atomic mass is 9.84. The summed E-state index contributed by atoms with van der Waals surface area (Å²) in [6.45, 7) is 6.40. The molecule has 0 aliphatic heterocycles. The van der Waals surface area contributed by atoms with Crippen LogP contribution in [0.1, 0.15) is 68.3 Å². The van der Waals surface area contributed by atoms with Crippen LogP contribution in [-0.4, -0.2) is 24.4 Å². The molecule has 0 spiro atoms. The SMILES string of the molecule is Cc1cc(C(=O)NC(CN)C2CCCCC2)ccc1NC(=O)CC(C)C. The Morgan fingerprint density at radius 3 is 2.46 bits per heavy atom. The Balaban J connectivity index is 2.00. The van der Waals surface area contributed by atoms with Crippen LogP contribution in [0.4, 0.5) is 5.69 Å². The molecule has 0 bridgehead atoms. The first-order valence-corrected chi connectivity index (χ1v) is 9.82. The number of benzene rings is 1. The van der Waals surface area contributed by atoms with Gasteiger partial charge >= 0.3 is 0 Å². The number of aryl methyl sites for hydroxylation is 1. The molecule has 2 amide bonds. The van der Waals surface area contributed by atoms with Crippen LogP contribution in [0.25, 0.3) is 0 Å². The molecule has 5 nitrogen and oxygen atoms in total. The minimum atomic E-state index is -0.0887. The number of rotatable bonds is 7. The maximum Gasteiger partial charge on any atom is 0.251 e. The van der Waals surface area contributed by atoms with E-state index >= 15 is 0 Å². The lowest BCUT2D eigenvalue weighted by Gasteiger charge is -2.30. The van der Waals surface area contributed by atoms with Crippen molar-refractivity contribution in [1.29, 1.82) is 0 Å². The maximum atomic E-state index is 12.6. The summed E-state index contributed by atoms with van der Waals surface area (Å²) >= 11 is 0. The summed E-state index contributed by atoms with van der Waals surface area (Å²) in [7, 11) is 0. The Bertz CT molecular complexity index is 622. The summed E-state index contributed by atoms with van der Waals surface area (Å²) in [6.07, 6.45) is 6.50. The maximum absolute atomic E-state index is 12.6. The number of carbonyl (C=O) groups is 2. The third-order valence-electron chi connectivity index (χ3n) is 5.15. The molecule has 0 aromatic heterocycles. The van der Waals surface area contributed by atoms with E-state index in [4.69, 9.17) is 5.73 Å². The van der Waals surface area contributed by atoms with Gasteiger partial charge in [0.15, 0.2) is 0 Å². The standard InChI is InChI=1S/C21H33N3O2/c1-14(2)11-20(25)23-18-10-9-17(12-15(18)3)21(26)24-19(13-22)16-7-5-4-6-8-16/h9-10,12,14,16,19H,4-8,11,13,22H2,1-3H3,(H,23,25)(H,24,26). The second-order valence-electron chi connectivity index (χ2n) is 7.89. The van der Waals surface area contributed by atoms with E-state index in [1.54, 1.807) is 12.1 Å². The second-order valence-corrected chi connectivity index (χ2v) is 7.89. The molecule has 1 unspecified atom stereocenters. The van der Waals surface area contributed by atoms with E-state index in [0.29, 0.717) is 30.4 Å². The molecule has 1 aliphatic rings. The van der Waals surface area contributed by atoms with Crippen LogP contribution in [0.5, 0.6) is 0 Å². The van der Waals surface area contributed by atoms with Crippen molar-refractivity contribution in [3.63, 3.8) is 0 Å². The van der Waals surface area contributed by atoms with E-state index < -0.39 is 0 Å². The van der Waals surface area contributed by atoms with E-state index in [2.05, 4.69) is 10.6 Å². The van der Waals surface area contributed by atoms with Crippen molar-refractivity contribution in [2.45, 2.75) is 65.3 Å². The van der Waals surface area contributed by atoms with Gasteiger partial charge in [-0.05, 0) is 55.4 Å². The molecule has 0 radical (unpaired) electrons. The van der Waals surface area contributed by atoms with Crippen molar-refractivity contribution in [3.8, 4) is 0 Å². The Morgan fingerprint density at radius 1 is 1.19 bits per heavy atom. The quantitative estimate of drug-likeness (QED) is 0.695. The molecule has 1 saturated carbocycles. The van der Waals surface area contributed by atoms with Crippen LogP contribution in [0.3, 0.4) is 0 Å². The van der Waals surface area contributed by atoms with Crippen LogP contribution in [0.15, 0.2) is 18.2 Å². The van der Waals surface area contributed by atoms with Crippen molar-refractivity contribution >= 4 is 17.5 Å². The van der Waals surface area contributed by atoms with Gasteiger partial charge in [0.2, 0.25) is 5.91 Å². The molecule has 26 heavy (non-hydrogen) atoms. The van der Waals surface area contributed by atoms with Gasteiger partial charge in [-0.2, -0.15) is 0 Å². The van der Waals surface area contributed by atoms with E-state index in [-0.39, 0.29) is 17.9 Å². The number of hydrogen-bond acceptors (Lipinski definition) is 3. The van der Waals surface area contributed by atoms with Gasteiger partial charge in [-0.1, -0.05) is 33.1 Å². The predicted molar refractivity (Wildman–Crippen MR) is 106 cm³/mol. The summed E-state index contributed by atoms with van der Waals surface area (Å²) in [6, 6.07) is 5.44. The summed E-state index contributed by atoms with van der Waals surface area (Å²) in [5.74, 6) is 0.705. The fourth-order valence-corrected chi connectivity index (χ4v) is 3.67. The van der Waals surface area contributed by atoms with Gasteiger partial charge in [0, 0.05) is 30.3 Å². The average molecular weight is 360 g/mol. The smallest absolute Gasteiger partial charge is 0.251 e. The highest BCUT2D eigenvalue weighted by Crippen LogP contribution is 2.26. The van der Waals surface area contributed by atoms with E-state index in [1.807, 2.05) is 26.8 Å². The average Bonchev–Trinajstić information content (AvgIpc) is 2.61.